The average molecular weight is 422 g/mol. The predicted octanol–water partition coefficient (Wildman–Crippen LogP) is 6.28. The monoisotopic (exact) mass is 422 g/mol. The van der Waals surface area contributed by atoms with E-state index in [2.05, 4.69) is 0 Å². The quantitative estimate of drug-likeness (QED) is 0.344. The first kappa shape index (κ1) is 21.1. The lowest BCUT2D eigenvalue weighted by molar-refractivity contribution is 0.0917. The number of hydrogen-bond donors (Lipinski definition) is 2. The number of aromatic hydroxyl groups is 2. The smallest absolute Gasteiger partial charge is 0.163 e. The van der Waals surface area contributed by atoms with E-state index < -0.39 is 0 Å². The summed E-state index contributed by atoms with van der Waals surface area (Å²) in [7, 11) is 0. The van der Waals surface area contributed by atoms with Crippen LogP contribution in [0.25, 0.3) is 22.3 Å². The second-order valence-corrected chi connectivity index (χ2v) is 7.59. The van der Waals surface area contributed by atoms with Crippen LogP contribution in [-0.4, -0.2) is 21.8 Å². The lowest BCUT2D eigenvalue weighted by Gasteiger charge is -2.06. The van der Waals surface area contributed by atoms with E-state index in [0.717, 1.165) is 22.3 Å². The minimum absolute atomic E-state index is 0.0729. The fourth-order valence-corrected chi connectivity index (χ4v) is 3.52. The molecule has 0 aliphatic heterocycles. The van der Waals surface area contributed by atoms with Crippen LogP contribution in [0.3, 0.4) is 0 Å². The van der Waals surface area contributed by atoms with Crippen molar-refractivity contribution < 1.29 is 19.8 Å². The molecular weight excluding hydrogens is 400 g/mol. The maximum atomic E-state index is 12.5. The number of Topliss-reactive ketones (excluding diaryl/α,β-unsaturated/α-hetero) is 2. The number of rotatable bonds is 7. The van der Waals surface area contributed by atoms with Gasteiger partial charge in [0.25, 0.3) is 0 Å². The Kier molecular flexibility index (Phi) is 6.13. The molecule has 0 amide bonds. The summed E-state index contributed by atoms with van der Waals surface area (Å²) in [4.78, 5) is 25.1. The van der Waals surface area contributed by atoms with Crippen LogP contribution >= 0.6 is 0 Å². The van der Waals surface area contributed by atoms with Gasteiger partial charge in [0.15, 0.2) is 11.6 Å². The molecule has 32 heavy (non-hydrogen) atoms. The van der Waals surface area contributed by atoms with Crippen LogP contribution in [0, 0.1) is 0 Å². The van der Waals surface area contributed by atoms with Gasteiger partial charge in [-0.25, -0.2) is 0 Å². The first-order chi connectivity index (χ1) is 15.5. The molecule has 0 aromatic heterocycles. The van der Waals surface area contributed by atoms with Crippen LogP contribution in [0.2, 0.25) is 0 Å². The molecule has 0 bridgehead atoms. The van der Waals surface area contributed by atoms with Crippen molar-refractivity contribution in [3.63, 3.8) is 0 Å². The summed E-state index contributed by atoms with van der Waals surface area (Å²) in [6.45, 7) is 0. The molecule has 4 aromatic carbocycles. The third-order valence-electron chi connectivity index (χ3n) is 5.39. The summed E-state index contributed by atoms with van der Waals surface area (Å²) >= 11 is 0. The van der Waals surface area contributed by atoms with Crippen molar-refractivity contribution in [2.24, 2.45) is 0 Å². The van der Waals surface area contributed by atoms with E-state index in [-0.39, 0.29) is 35.9 Å². The highest BCUT2D eigenvalue weighted by molar-refractivity contribution is 6.02. The van der Waals surface area contributed by atoms with Gasteiger partial charge in [-0.1, -0.05) is 72.8 Å². The van der Waals surface area contributed by atoms with Gasteiger partial charge < -0.3 is 10.2 Å². The van der Waals surface area contributed by atoms with Gasteiger partial charge in [0.1, 0.15) is 11.5 Å². The minimum Gasteiger partial charge on any atom is -0.508 e. The zero-order chi connectivity index (χ0) is 22.5. The van der Waals surface area contributed by atoms with E-state index in [1.165, 1.54) is 0 Å². The van der Waals surface area contributed by atoms with Gasteiger partial charge in [0.05, 0.1) is 0 Å². The fraction of sp³-hybridized carbons (Fsp3) is 0.0714. The summed E-state index contributed by atoms with van der Waals surface area (Å²) in [5, 5.41) is 18.8. The number of hydrogen-bond acceptors (Lipinski definition) is 4. The molecule has 2 N–H and O–H groups in total. The Hall–Kier alpha value is -4.18. The summed E-state index contributed by atoms with van der Waals surface area (Å²) in [6.07, 6.45) is 0.300. The van der Waals surface area contributed by atoms with E-state index in [0.29, 0.717) is 11.1 Å². The number of ketones is 2. The Morgan fingerprint density at radius 1 is 0.438 bits per heavy atom. The molecule has 0 fully saturated rings. The van der Waals surface area contributed by atoms with Crippen molar-refractivity contribution >= 4 is 11.6 Å². The zero-order valence-electron chi connectivity index (χ0n) is 17.4. The van der Waals surface area contributed by atoms with E-state index in [9.17, 15) is 19.8 Å². The van der Waals surface area contributed by atoms with Gasteiger partial charge in [0.2, 0.25) is 0 Å². The number of carbonyl (C=O) groups excluding carboxylic acids is 2. The summed E-state index contributed by atoms with van der Waals surface area (Å²) < 4.78 is 0. The third kappa shape index (κ3) is 4.93. The van der Waals surface area contributed by atoms with E-state index >= 15 is 0 Å². The molecule has 0 saturated carbocycles. The van der Waals surface area contributed by atoms with Gasteiger partial charge in [0, 0.05) is 24.0 Å². The molecule has 4 rings (SSSR count). The molecule has 4 aromatic rings. The zero-order valence-corrected chi connectivity index (χ0v) is 17.4. The minimum atomic E-state index is -0.0729. The van der Waals surface area contributed by atoms with Crippen LogP contribution in [0.5, 0.6) is 11.5 Å². The van der Waals surface area contributed by atoms with Crippen LogP contribution in [0.4, 0.5) is 0 Å². The molecule has 0 spiro atoms. The van der Waals surface area contributed by atoms with Crippen LogP contribution < -0.4 is 0 Å². The lowest BCUT2D eigenvalue weighted by atomic mass is 9.98. The molecule has 158 valence electrons. The van der Waals surface area contributed by atoms with E-state index in [1.807, 2.05) is 48.5 Å². The second kappa shape index (κ2) is 9.31. The van der Waals surface area contributed by atoms with Crippen molar-refractivity contribution in [1.82, 2.24) is 0 Å². The summed E-state index contributed by atoms with van der Waals surface area (Å²) in [5.74, 6) is 0.271. The van der Waals surface area contributed by atoms with E-state index in [1.54, 1.807) is 48.5 Å². The van der Waals surface area contributed by atoms with Gasteiger partial charge in [-0.05, 0) is 46.5 Å². The van der Waals surface area contributed by atoms with Crippen LogP contribution in [0.1, 0.15) is 33.6 Å². The van der Waals surface area contributed by atoms with Crippen molar-refractivity contribution in [1.29, 1.82) is 0 Å². The topological polar surface area (TPSA) is 74.6 Å². The molecule has 4 heteroatoms. The Balaban J connectivity index is 1.35. The van der Waals surface area contributed by atoms with Crippen molar-refractivity contribution in [2.75, 3.05) is 0 Å². The lowest BCUT2D eigenvalue weighted by Crippen LogP contribution is -2.05. The molecule has 0 heterocycles. The van der Waals surface area contributed by atoms with Crippen LogP contribution in [0.15, 0.2) is 97.1 Å². The summed E-state index contributed by atoms with van der Waals surface area (Å²) in [5.41, 5.74) is 4.95. The molecule has 0 saturated heterocycles. The van der Waals surface area contributed by atoms with Crippen molar-refractivity contribution in [3.8, 4) is 33.8 Å². The SMILES string of the molecule is O=C(CCC(=O)c1ccc(-c2ccc(O)cc2)cc1)c1ccc(-c2ccc(O)cc2)cc1. The molecule has 0 aliphatic rings. The molecule has 0 radical (unpaired) electrons. The molecule has 0 aliphatic carbocycles. The molecule has 4 nitrogen and oxygen atoms in total. The molecule has 0 atom stereocenters. The number of phenols is 2. The Bertz CT molecular complexity index is 1120. The maximum absolute atomic E-state index is 12.5. The Morgan fingerprint density at radius 2 is 0.688 bits per heavy atom. The molecular formula is C28H22O4. The second-order valence-electron chi connectivity index (χ2n) is 7.59. The first-order valence-electron chi connectivity index (χ1n) is 10.3. The fourth-order valence-electron chi connectivity index (χ4n) is 3.52. The van der Waals surface area contributed by atoms with Crippen LogP contribution in [-0.2, 0) is 0 Å². The normalized spacial score (nSPS) is 10.6. The number of benzene rings is 4. The van der Waals surface area contributed by atoms with Gasteiger partial charge in [-0.2, -0.15) is 0 Å². The van der Waals surface area contributed by atoms with Gasteiger partial charge >= 0.3 is 0 Å². The first-order valence-corrected chi connectivity index (χ1v) is 10.3. The predicted molar refractivity (Wildman–Crippen MR) is 125 cm³/mol. The van der Waals surface area contributed by atoms with Crippen molar-refractivity contribution in [2.45, 2.75) is 12.8 Å². The Labute approximate surface area is 186 Å². The highest BCUT2D eigenvalue weighted by atomic mass is 16.3. The average Bonchev–Trinajstić information content (AvgIpc) is 2.83. The van der Waals surface area contributed by atoms with Gasteiger partial charge in [-0.15, -0.1) is 0 Å². The maximum Gasteiger partial charge on any atom is 0.163 e. The highest BCUT2D eigenvalue weighted by Gasteiger charge is 2.12. The summed E-state index contributed by atoms with van der Waals surface area (Å²) in [6, 6.07) is 28.3. The largest absolute Gasteiger partial charge is 0.508 e. The Morgan fingerprint density at radius 3 is 0.969 bits per heavy atom. The van der Waals surface area contributed by atoms with E-state index in [4.69, 9.17) is 0 Å². The number of carbonyl (C=O) groups is 2. The standard InChI is InChI=1S/C28H22O4/c29-25-13-9-21(10-14-25)19-1-5-23(6-2-19)27(31)17-18-28(32)24-7-3-20(4-8-24)22-11-15-26(30)16-12-22/h1-16,29-30H,17-18H2. The number of phenolic OH excluding ortho intramolecular Hbond substituents is 2. The third-order valence-corrected chi connectivity index (χ3v) is 5.39. The molecule has 0 unspecified atom stereocenters. The van der Waals surface area contributed by atoms with Crippen molar-refractivity contribution in [3.05, 3.63) is 108 Å². The van der Waals surface area contributed by atoms with Gasteiger partial charge in [-0.3, -0.25) is 9.59 Å². The highest BCUT2D eigenvalue weighted by Crippen LogP contribution is 2.24.